The predicted octanol–water partition coefficient (Wildman–Crippen LogP) is 2.53. The lowest BCUT2D eigenvalue weighted by Gasteiger charge is -2.30. The molecule has 1 aromatic carbocycles. The highest BCUT2D eigenvalue weighted by molar-refractivity contribution is 7.91. The van der Waals surface area contributed by atoms with Crippen LogP contribution in [0.25, 0.3) is 0 Å². The van der Waals surface area contributed by atoms with E-state index in [1.165, 1.54) is 15.6 Å². The van der Waals surface area contributed by atoms with Crippen LogP contribution in [0.15, 0.2) is 46.0 Å². The Labute approximate surface area is 164 Å². The van der Waals surface area contributed by atoms with Crippen LogP contribution in [0.3, 0.4) is 0 Å². The fourth-order valence-electron chi connectivity index (χ4n) is 3.14. The number of hydrogen-bond acceptors (Lipinski definition) is 5. The van der Waals surface area contributed by atoms with Crippen molar-refractivity contribution >= 4 is 33.0 Å². The lowest BCUT2D eigenvalue weighted by molar-refractivity contribution is -0.126. The second-order valence-electron chi connectivity index (χ2n) is 6.89. The highest BCUT2D eigenvalue weighted by Crippen LogP contribution is 2.26. The third kappa shape index (κ3) is 4.69. The molecule has 8 heteroatoms. The third-order valence-electron chi connectivity index (χ3n) is 4.83. The lowest BCUT2D eigenvalue weighted by Crippen LogP contribution is -2.42. The Kier molecular flexibility index (Phi) is 6.18. The van der Waals surface area contributed by atoms with Crippen molar-refractivity contribution in [1.82, 2.24) is 9.62 Å². The first kappa shape index (κ1) is 19.9. The first-order chi connectivity index (χ1) is 12.9. The van der Waals surface area contributed by atoms with Gasteiger partial charge < -0.3 is 10.2 Å². The molecule has 1 fully saturated rings. The van der Waals surface area contributed by atoms with Gasteiger partial charge >= 0.3 is 0 Å². The van der Waals surface area contributed by atoms with Gasteiger partial charge in [0.25, 0.3) is 10.0 Å². The molecular formula is C19H25N3O3S2. The molecule has 0 saturated carbocycles. The van der Waals surface area contributed by atoms with Crippen LogP contribution in [0.4, 0.5) is 5.69 Å². The molecule has 2 aromatic rings. The van der Waals surface area contributed by atoms with Crippen LogP contribution in [0.2, 0.25) is 0 Å². The Hall–Kier alpha value is -1.90. The number of anilines is 1. The molecule has 0 unspecified atom stereocenters. The molecule has 27 heavy (non-hydrogen) atoms. The molecule has 0 atom stereocenters. The maximum absolute atomic E-state index is 12.5. The van der Waals surface area contributed by atoms with Crippen molar-refractivity contribution in [3.8, 4) is 0 Å². The molecule has 1 N–H and O–H groups in total. The van der Waals surface area contributed by atoms with Crippen molar-refractivity contribution in [3.05, 3.63) is 47.3 Å². The number of nitrogens with one attached hydrogen (secondary N) is 1. The van der Waals surface area contributed by atoms with Gasteiger partial charge in [-0.2, -0.15) is 4.31 Å². The van der Waals surface area contributed by atoms with Gasteiger partial charge in [-0.25, -0.2) is 8.42 Å². The Morgan fingerprint density at radius 2 is 1.85 bits per heavy atom. The Balaban J connectivity index is 1.50. The van der Waals surface area contributed by atoms with Gasteiger partial charge in [0.2, 0.25) is 5.91 Å². The van der Waals surface area contributed by atoms with Crippen molar-refractivity contribution in [1.29, 1.82) is 0 Å². The van der Waals surface area contributed by atoms with E-state index in [-0.39, 0.29) is 11.8 Å². The first-order valence-electron chi connectivity index (χ1n) is 8.95. The van der Waals surface area contributed by atoms with Gasteiger partial charge in [-0.1, -0.05) is 18.2 Å². The summed E-state index contributed by atoms with van der Waals surface area (Å²) in [6.07, 6.45) is 1.10. The number of piperidine rings is 1. The maximum Gasteiger partial charge on any atom is 0.252 e. The SMILES string of the molecule is CN(C)c1ccc(CNC(=O)C2CCN(S(=O)(=O)c3cccs3)CC2)cc1. The number of benzene rings is 1. The second kappa shape index (κ2) is 8.41. The minimum absolute atomic E-state index is 0.000132. The summed E-state index contributed by atoms with van der Waals surface area (Å²) >= 11 is 1.23. The number of carbonyl (C=O) groups excluding carboxylic acids is 1. The second-order valence-corrected chi connectivity index (χ2v) is 10.0. The standard InChI is InChI=1S/C19H25N3O3S2/c1-21(2)17-7-5-15(6-8-17)14-20-19(23)16-9-11-22(12-10-16)27(24,25)18-4-3-13-26-18/h3-8,13,16H,9-12,14H2,1-2H3,(H,20,23). The molecule has 3 rings (SSSR count). The predicted molar refractivity (Wildman–Crippen MR) is 108 cm³/mol. The average Bonchev–Trinajstić information content (AvgIpc) is 3.22. The monoisotopic (exact) mass is 407 g/mol. The van der Waals surface area contributed by atoms with Crippen molar-refractivity contribution < 1.29 is 13.2 Å². The summed E-state index contributed by atoms with van der Waals surface area (Å²) in [5, 5.41) is 4.74. The van der Waals surface area contributed by atoms with E-state index in [0.717, 1.165) is 11.3 Å². The summed E-state index contributed by atoms with van der Waals surface area (Å²) in [5.41, 5.74) is 2.16. The zero-order chi connectivity index (χ0) is 19.4. The van der Waals surface area contributed by atoms with Crippen molar-refractivity contribution in [2.24, 2.45) is 5.92 Å². The Bertz CT molecular complexity index is 854. The highest BCUT2D eigenvalue weighted by Gasteiger charge is 2.32. The number of amides is 1. The molecule has 1 amide bonds. The smallest absolute Gasteiger partial charge is 0.252 e. The van der Waals surface area contributed by atoms with Crippen LogP contribution >= 0.6 is 11.3 Å². The number of carbonyl (C=O) groups is 1. The number of thiophene rings is 1. The van der Waals surface area contributed by atoms with Crippen LogP contribution in [0, 0.1) is 5.92 Å². The van der Waals surface area contributed by atoms with Crippen LogP contribution in [0.1, 0.15) is 18.4 Å². The molecule has 0 radical (unpaired) electrons. The Morgan fingerprint density at radius 3 is 2.41 bits per heavy atom. The molecule has 6 nitrogen and oxygen atoms in total. The summed E-state index contributed by atoms with van der Waals surface area (Å²) < 4.78 is 26.9. The van der Waals surface area contributed by atoms with E-state index in [9.17, 15) is 13.2 Å². The maximum atomic E-state index is 12.5. The molecule has 0 spiro atoms. The lowest BCUT2D eigenvalue weighted by atomic mass is 9.97. The van der Waals surface area contributed by atoms with E-state index in [4.69, 9.17) is 0 Å². The van der Waals surface area contributed by atoms with Gasteiger partial charge in [0, 0.05) is 45.3 Å². The molecule has 146 valence electrons. The summed E-state index contributed by atoms with van der Waals surface area (Å²) in [4.78, 5) is 14.5. The van der Waals surface area contributed by atoms with E-state index < -0.39 is 10.0 Å². The van der Waals surface area contributed by atoms with Crippen LogP contribution < -0.4 is 10.2 Å². The number of hydrogen-bond donors (Lipinski definition) is 1. The fourth-order valence-corrected chi connectivity index (χ4v) is 5.76. The van der Waals surface area contributed by atoms with Gasteiger partial charge in [0.05, 0.1) is 0 Å². The molecule has 2 heterocycles. The topological polar surface area (TPSA) is 69.7 Å². The normalized spacial score (nSPS) is 16.2. The molecule has 1 aromatic heterocycles. The van der Waals surface area contributed by atoms with E-state index in [0.29, 0.717) is 36.7 Å². The molecule has 1 aliphatic rings. The highest BCUT2D eigenvalue weighted by atomic mass is 32.2. The summed E-state index contributed by atoms with van der Waals surface area (Å²) in [7, 11) is 0.558. The van der Waals surface area contributed by atoms with E-state index in [1.807, 2.05) is 43.3 Å². The third-order valence-corrected chi connectivity index (χ3v) is 8.11. The fraction of sp³-hybridized carbons (Fsp3) is 0.421. The largest absolute Gasteiger partial charge is 0.378 e. The quantitative estimate of drug-likeness (QED) is 0.799. The number of nitrogens with zero attached hydrogens (tertiary/aromatic N) is 2. The van der Waals surface area contributed by atoms with E-state index in [2.05, 4.69) is 5.32 Å². The first-order valence-corrected chi connectivity index (χ1v) is 11.3. The van der Waals surface area contributed by atoms with E-state index in [1.54, 1.807) is 17.5 Å². The summed E-state index contributed by atoms with van der Waals surface area (Å²) in [5.74, 6) is -0.138. The van der Waals surface area contributed by atoms with Gasteiger partial charge in [-0.3, -0.25) is 4.79 Å². The molecule has 1 saturated heterocycles. The van der Waals surface area contributed by atoms with Gasteiger partial charge in [-0.05, 0) is 42.0 Å². The summed E-state index contributed by atoms with van der Waals surface area (Å²) in [6, 6.07) is 11.4. The molecule has 1 aliphatic heterocycles. The summed E-state index contributed by atoms with van der Waals surface area (Å²) in [6.45, 7) is 1.26. The molecule has 0 bridgehead atoms. The van der Waals surface area contributed by atoms with Gasteiger partial charge in [0.15, 0.2) is 0 Å². The van der Waals surface area contributed by atoms with Gasteiger partial charge in [0.1, 0.15) is 4.21 Å². The number of sulfonamides is 1. The van der Waals surface area contributed by atoms with Crippen molar-refractivity contribution in [3.63, 3.8) is 0 Å². The number of rotatable bonds is 6. The minimum Gasteiger partial charge on any atom is -0.378 e. The molecule has 0 aliphatic carbocycles. The zero-order valence-electron chi connectivity index (χ0n) is 15.6. The van der Waals surface area contributed by atoms with Crippen molar-refractivity contribution in [2.45, 2.75) is 23.6 Å². The van der Waals surface area contributed by atoms with Crippen LogP contribution in [-0.4, -0.2) is 45.8 Å². The van der Waals surface area contributed by atoms with E-state index >= 15 is 0 Å². The van der Waals surface area contributed by atoms with Gasteiger partial charge in [-0.15, -0.1) is 11.3 Å². The minimum atomic E-state index is -3.42. The van der Waals surface area contributed by atoms with Crippen LogP contribution in [0.5, 0.6) is 0 Å². The van der Waals surface area contributed by atoms with Crippen molar-refractivity contribution in [2.75, 3.05) is 32.1 Å². The van der Waals surface area contributed by atoms with Crippen LogP contribution in [-0.2, 0) is 21.4 Å². The molecular weight excluding hydrogens is 382 g/mol. The average molecular weight is 408 g/mol. The zero-order valence-corrected chi connectivity index (χ0v) is 17.2. The Morgan fingerprint density at radius 1 is 1.19 bits per heavy atom.